The monoisotopic (exact) mass is 175 g/mol. The molecule has 0 saturated heterocycles. The van der Waals surface area contributed by atoms with Gasteiger partial charge in [-0.05, 0) is 37.5 Å². The van der Waals surface area contributed by atoms with E-state index in [-0.39, 0.29) is 0 Å². The van der Waals surface area contributed by atoms with E-state index in [0.29, 0.717) is 0 Å². The standard InChI is InChI=1S/C12H17N/c1-9(2)13-8-12-7-5-6-10(3)11(12)4/h5-7,13H,1,8H2,2-4H3. The van der Waals surface area contributed by atoms with Gasteiger partial charge < -0.3 is 5.32 Å². The molecule has 0 unspecified atom stereocenters. The van der Waals surface area contributed by atoms with Crippen LogP contribution in [0.4, 0.5) is 0 Å². The Kier molecular flexibility index (Phi) is 3.13. The van der Waals surface area contributed by atoms with Crippen molar-refractivity contribution in [2.24, 2.45) is 0 Å². The molecule has 0 atom stereocenters. The summed E-state index contributed by atoms with van der Waals surface area (Å²) in [5.41, 5.74) is 5.08. The highest BCUT2D eigenvalue weighted by atomic mass is 14.9. The van der Waals surface area contributed by atoms with Crippen molar-refractivity contribution < 1.29 is 0 Å². The Morgan fingerprint density at radius 3 is 2.69 bits per heavy atom. The van der Waals surface area contributed by atoms with E-state index < -0.39 is 0 Å². The normalized spacial score (nSPS) is 9.77. The lowest BCUT2D eigenvalue weighted by atomic mass is 10.0. The molecule has 1 aromatic rings. The van der Waals surface area contributed by atoms with Crippen LogP contribution in [0.15, 0.2) is 30.5 Å². The van der Waals surface area contributed by atoms with Gasteiger partial charge in [0.05, 0.1) is 0 Å². The van der Waals surface area contributed by atoms with Crippen LogP contribution in [0, 0.1) is 13.8 Å². The van der Waals surface area contributed by atoms with Crippen LogP contribution >= 0.6 is 0 Å². The van der Waals surface area contributed by atoms with Crippen LogP contribution in [0.2, 0.25) is 0 Å². The minimum absolute atomic E-state index is 0.878. The molecule has 0 aromatic heterocycles. The fourth-order valence-electron chi connectivity index (χ4n) is 1.25. The maximum Gasteiger partial charge on any atom is 0.0400 e. The topological polar surface area (TPSA) is 12.0 Å². The second kappa shape index (κ2) is 4.13. The number of benzene rings is 1. The summed E-state index contributed by atoms with van der Waals surface area (Å²) in [4.78, 5) is 0. The van der Waals surface area contributed by atoms with E-state index in [2.05, 4.69) is 43.9 Å². The smallest absolute Gasteiger partial charge is 0.0400 e. The summed E-state index contributed by atoms with van der Waals surface area (Å²) >= 11 is 0. The van der Waals surface area contributed by atoms with Gasteiger partial charge in [-0.3, -0.25) is 0 Å². The molecule has 0 aliphatic rings. The molecular weight excluding hydrogens is 158 g/mol. The third-order valence-corrected chi connectivity index (χ3v) is 2.30. The number of nitrogens with one attached hydrogen (secondary N) is 1. The van der Waals surface area contributed by atoms with E-state index in [0.717, 1.165) is 12.2 Å². The van der Waals surface area contributed by atoms with Gasteiger partial charge in [-0.15, -0.1) is 0 Å². The van der Waals surface area contributed by atoms with Crippen molar-refractivity contribution in [2.75, 3.05) is 0 Å². The van der Waals surface area contributed by atoms with Crippen molar-refractivity contribution in [3.05, 3.63) is 47.2 Å². The Morgan fingerprint density at radius 1 is 1.38 bits per heavy atom. The van der Waals surface area contributed by atoms with Crippen molar-refractivity contribution in [1.82, 2.24) is 5.32 Å². The minimum atomic E-state index is 0.878. The number of allylic oxidation sites excluding steroid dienone is 1. The summed E-state index contributed by atoms with van der Waals surface area (Å²) in [6.07, 6.45) is 0. The second-order valence-corrected chi connectivity index (χ2v) is 3.49. The Bertz CT molecular complexity index is 313. The SMILES string of the molecule is C=C(C)NCc1cccc(C)c1C. The van der Waals surface area contributed by atoms with Crippen LogP contribution < -0.4 is 5.32 Å². The van der Waals surface area contributed by atoms with Gasteiger partial charge in [-0.1, -0.05) is 24.8 Å². The largest absolute Gasteiger partial charge is 0.385 e. The van der Waals surface area contributed by atoms with Gasteiger partial charge in [0.15, 0.2) is 0 Å². The molecular formula is C12H17N. The number of hydrogen-bond donors (Lipinski definition) is 1. The molecule has 0 heterocycles. The number of aryl methyl sites for hydroxylation is 1. The fourth-order valence-corrected chi connectivity index (χ4v) is 1.25. The minimum Gasteiger partial charge on any atom is -0.385 e. The van der Waals surface area contributed by atoms with Gasteiger partial charge in [0, 0.05) is 12.2 Å². The summed E-state index contributed by atoms with van der Waals surface area (Å²) in [5.74, 6) is 0. The molecule has 0 radical (unpaired) electrons. The molecule has 0 fully saturated rings. The summed E-state index contributed by atoms with van der Waals surface area (Å²) in [6, 6.07) is 6.38. The summed E-state index contributed by atoms with van der Waals surface area (Å²) in [7, 11) is 0. The maximum absolute atomic E-state index is 3.81. The average Bonchev–Trinajstić information content (AvgIpc) is 2.07. The van der Waals surface area contributed by atoms with Crippen LogP contribution in [0.3, 0.4) is 0 Å². The van der Waals surface area contributed by atoms with Crippen molar-refractivity contribution >= 4 is 0 Å². The molecule has 13 heavy (non-hydrogen) atoms. The average molecular weight is 175 g/mol. The predicted octanol–water partition coefficient (Wildman–Crippen LogP) is 2.93. The molecule has 70 valence electrons. The first-order valence-corrected chi connectivity index (χ1v) is 4.55. The van der Waals surface area contributed by atoms with Gasteiger partial charge in [0.25, 0.3) is 0 Å². The maximum atomic E-state index is 3.81. The van der Waals surface area contributed by atoms with Gasteiger partial charge in [-0.25, -0.2) is 0 Å². The first kappa shape index (κ1) is 9.85. The molecule has 1 aromatic carbocycles. The Morgan fingerprint density at radius 2 is 2.08 bits per heavy atom. The van der Waals surface area contributed by atoms with Crippen LogP contribution in [0.5, 0.6) is 0 Å². The summed E-state index contributed by atoms with van der Waals surface area (Å²) in [5, 5.41) is 3.24. The summed E-state index contributed by atoms with van der Waals surface area (Å²) < 4.78 is 0. The highest BCUT2D eigenvalue weighted by Gasteiger charge is 1.98. The number of hydrogen-bond acceptors (Lipinski definition) is 1. The lowest BCUT2D eigenvalue weighted by Crippen LogP contribution is -2.10. The van der Waals surface area contributed by atoms with Gasteiger partial charge in [0.2, 0.25) is 0 Å². The molecule has 1 heteroatoms. The molecule has 1 rings (SSSR count). The quantitative estimate of drug-likeness (QED) is 0.744. The lowest BCUT2D eigenvalue weighted by molar-refractivity contribution is 0.809. The number of rotatable bonds is 3. The molecule has 0 amide bonds. The van der Waals surface area contributed by atoms with Crippen molar-refractivity contribution in [2.45, 2.75) is 27.3 Å². The fraction of sp³-hybridized carbons (Fsp3) is 0.333. The van der Waals surface area contributed by atoms with E-state index in [9.17, 15) is 0 Å². The highest BCUT2D eigenvalue weighted by Crippen LogP contribution is 2.12. The molecule has 0 aliphatic carbocycles. The predicted molar refractivity (Wildman–Crippen MR) is 57.6 cm³/mol. The Balaban J connectivity index is 2.77. The first-order valence-electron chi connectivity index (χ1n) is 4.55. The van der Waals surface area contributed by atoms with Crippen LogP contribution in [-0.2, 0) is 6.54 Å². The molecule has 0 spiro atoms. The molecule has 0 bridgehead atoms. The van der Waals surface area contributed by atoms with Gasteiger partial charge in [-0.2, -0.15) is 0 Å². The van der Waals surface area contributed by atoms with Crippen molar-refractivity contribution in [3.63, 3.8) is 0 Å². The first-order chi connectivity index (χ1) is 6.11. The molecule has 0 aliphatic heterocycles. The van der Waals surface area contributed by atoms with E-state index in [1.54, 1.807) is 0 Å². The zero-order valence-electron chi connectivity index (χ0n) is 8.65. The Labute approximate surface area is 80.5 Å². The third kappa shape index (κ3) is 2.62. The van der Waals surface area contributed by atoms with E-state index in [1.165, 1.54) is 16.7 Å². The van der Waals surface area contributed by atoms with Crippen LogP contribution in [-0.4, -0.2) is 0 Å². The lowest BCUT2D eigenvalue weighted by Gasteiger charge is -2.10. The van der Waals surface area contributed by atoms with E-state index in [4.69, 9.17) is 0 Å². The molecule has 1 N–H and O–H groups in total. The van der Waals surface area contributed by atoms with Gasteiger partial charge in [0.1, 0.15) is 0 Å². The van der Waals surface area contributed by atoms with Crippen LogP contribution in [0.1, 0.15) is 23.6 Å². The summed E-state index contributed by atoms with van der Waals surface area (Å²) in [6.45, 7) is 11.0. The van der Waals surface area contributed by atoms with E-state index in [1.807, 2.05) is 6.92 Å². The zero-order chi connectivity index (χ0) is 9.84. The van der Waals surface area contributed by atoms with Crippen molar-refractivity contribution in [1.29, 1.82) is 0 Å². The van der Waals surface area contributed by atoms with Crippen molar-refractivity contribution in [3.8, 4) is 0 Å². The van der Waals surface area contributed by atoms with Crippen LogP contribution in [0.25, 0.3) is 0 Å². The second-order valence-electron chi connectivity index (χ2n) is 3.49. The molecule has 0 saturated carbocycles. The molecule has 1 nitrogen and oxygen atoms in total. The third-order valence-electron chi connectivity index (χ3n) is 2.30. The Hall–Kier alpha value is -1.24. The van der Waals surface area contributed by atoms with Gasteiger partial charge >= 0.3 is 0 Å². The zero-order valence-corrected chi connectivity index (χ0v) is 8.65. The highest BCUT2D eigenvalue weighted by molar-refractivity contribution is 5.33. The van der Waals surface area contributed by atoms with E-state index >= 15 is 0 Å².